The van der Waals surface area contributed by atoms with E-state index in [1.165, 1.54) is 9.88 Å². The predicted octanol–water partition coefficient (Wildman–Crippen LogP) is 4.11. The molecular formula is C23H23NO2S. The summed E-state index contributed by atoms with van der Waals surface area (Å²) in [5.74, 6) is 2.49. The molecule has 0 aliphatic heterocycles. The van der Waals surface area contributed by atoms with Crippen LogP contribution in [0.1, 0.15) is 24.0 Å². The van der Waals surface area contributed by atoms with Crippen molar-refractivity contribution in [3.63, 3.8) is 0 Å². The van der Waals surface area contributed by atoms with Crippen LogP contribution in [0.2, 0.25) is 0 Å². The minimum Gasteiger partial charge on any atom is -0.207 e. The third kappa shape index (κ3) is 5.21. The van der Waals surface area contributed by atoms with Crippen LogP contribution in [0.3, 0.4) is 0 Å². The molecular weight excluding hydrogens is 354 g/mol. The first-order chi connectivity index (χ1) is 13.0. The van der Waals surface area contributed by atoms with Crippen molar-refractivity contribution in [1.82, 2.24) is 4.31 Å². The minimum atomic E-state index is -3.66. The van der Waals surface area contributed by atoms with Crippen molar-refractivity contribution in [2.45, 2.75) is 31.1 Å². The van der Waals surface area contributed by atoms with Gasteiger partial charge in [-0.15, -0.1) is 12.2 Å². The summed E-state index contributed by atoms with van der Waals surface area (Å²) in [7, 11) is -3.66. The standard InChI is InChI=1S/C23H23NO2S/c1-3-15-24(27(25,26)23-13-9-19(2)10-14-23)18-22(17-21-11-12-21)16-20-7-5-4-6-8-20/h1,4-10,13-14H,11-12,15-16,18H2,2H3. The van der Waals surface area contributed by atoms with Gasteiger partial charge in [0.1, 0.15) is 0 Å². The van der Waals surface area contributed by atoms with E-state index in [9.17, 15) is 8.42 Å². The Morgan fingerprint density at radius 1 is 1.07 bits per heavy atom. The molecule has 27 heavy (non-hydrogen) atoms. The second-order valence-corrected chi connectivity index (χ2v) is 8.72. The van der Waals surface area contributed by atoms with Gasteiger partial charge in [-0.05, 0) is 48.6 Å². The van der Waals surface area contributed by atoms with E-state index in [0.717, 1.165) is 29.5 Å². The molecule has 0 heterocycles. The van der Waals surface area contributed by atoms with Gasteiger partial charge in [0, 0.05) is 13.0 Å². The van der Waals surface area contributed by atoms with Gasteiger partial charge >= 0.3 is 0 Å². The van der Waals surface area contributed by atoms with E-state index in [1.807, 2.05) is 37.3 Å². The van der Waals surface area contributed by atoms with Crippen molar-refractivity contribution in [2.75, 3.05) is 13.1 Å². The number of rotatable bonds is 7. The number of terminal acetylenes is 1. The number of aryl methyl sites for hydroxylation is 1. The van der Waals surface area contributed by atoms with E-state index >= 15 is 0 Å². The van der Waals surface area contributed by atoms with Crippen molar-refractivity contribution >= 4 is 10.0 Å². The quantitative estimate of drug-likeness (QED) is 0.538. The lowest BCUT2D eigenvalue weighted by Gasteiger charge is -2.21. The Balaban J connectivity index is 1.90. The average Bonchev–Trinajstić information content (AvgIpc) is 3.46. The second-order valence-electron chi connectivity index (χ2n) is 6.78. The average molecular weight is 378 g/mol. The van der Waals surface area contributed by atoms with E-state index in [0.29, 0.717) is 6.42 Å². The van der Waals surface area contributed by atoms with E-state index in [1.54, 1.807) is 24.3 Å². The Labute approximate surface area is 162 Å². The summed E-state index contributed by atoms with van der Waals surface area (Å²) in [6.45, 7) is 2.21. The summed E-state index contributed by atoms with van der Waals surface area (Å²) in [4.78, 5) is 0.265. The number of sulfonamides is 1. The number of hydrogen-bond donors (Lipinski definition) is 0. The Morgan fingerprint density at radius 2 is 1.74 bits per heavy atom. The molecule has 0 unspecified atom stereocenters. The number of nitrogens with zero attached hydrogens (tertiary/aromatic N) is 1. The third-order valence-corrected chi connectivity index (χ3v) is 6.21. The second kappa shape index (κ2) is 8.41. The minimum absolute atomic E-state index is 0.0332. The summed E-state index contributed by atoms with van der Waals surface area (Å²) in [6, 6.07) is 16.9. The molecule has 0 radical (unpaired) electrons. The van der Waals surface area contributed by atoms with Gasteiger partial charge in [-0.3, -0.25) is 0 Å². The van der Waals surface area contributed by atoms with E-state index in [-0.39, 0.29) is 18.0 Å². The maximum Gasteiger partial charge on any atom is 0.244 e. The molecule has 0 atom stereocenters. The third-order valence-electron chi connectivity index (χ3n) is 4.41. The van der Waals surface area contributed by atoms with Crippen LogP contribution in [0.15, 0.2) is 76.4 Å². The van der Waals surface area contributed by atoms with Crippen LogP contribution in [-0.2, 0) is 16.4 Å². The van der Waals surface area contributed by atoms with Crippen molar-refractivity contribution in [3.8, 4) is 12.3 Å². The van der Waals surface area contributed by atoms with Crippen LogP contribution in [0.25, 0.3) is 0 Å². The Bertz CT molecular complexity index is 1000. The predicted molar refractivity (Wildman–Crippen MR) is 109 cm³/mol. The van der Waals surface area contributed by atoms with Crippen LogP contribution in [-0.4, -0.2) is 25.8 Å². The molecule has 138 valence electrons. The molecule has 3 nitrogen and oxygen atoms in total. The normalized spacial score (nSPS) is 13.1. The smallest absolute Gasteiger partial charge is 0.207 e. The largest absolute Gasteiger partial charge is 0.244 e. The van der Waals surface area contributed by atoms with Crippen molar-refractivity contribution in [3.05, 3.63) is 82.6 Å². The van der Waals surface area contributed by atoms with E-state index in [2.05, 4.69) is 11.7 Å². The fourth-order valence-corrected chi connectivity index (χ4v) is 4.17. The molecule has 1 aliphatic rings. The van der Waals surface area contributed by atoms with E-state index < -0.39 is 10.0 Å². The highest BCUT2D eigenvalue weighted by Crippen LogP contribution is 2.27. The number of benzene rings is 2. The van der Waals surface area contributed by atoms with Gasteiger partial charge < -0.3 is 0 Å². The molecule has 1 saturated carbocycles. The lowest BCUT2D eigenvalue weighted by atomic mass is 10.1. The highest BCUT2D eigenvalue weighted by Gasteiger charge is 2.25. The van der Waals surface area contributed by atoms with Crippen molar-refractivity contribution in [1.29, 1.82) is 0 Å². The maximum atomic E-state index is 13.1. The highest BCUT2D eigenvalue weighted by molar-refractivity contribution is 7.89. The molecule has 0 bridgehead atoms. The van der Waals surface area contributed by atoms with Crippen molar-refractivity contribution in [2.24, 2.45) is 0 Å². The molecule has 2 aromatic carbocycles. The molecule has 3 rings (SSSR count). The van der Waals surface area contributed by atoms with Gasteiger partial charge in [0.05, 0.1) is 11.4 Å². The number of hydrogen-bond acceptors (Lipinski definition) is 2. The Morgan fingerprint density at radius 3 is 2.33 bits per heavy atom. The van der Waals surface area contributed by atoms with Crippen LogP contribution in [0.5, 0.6) is 0 Å². The van der Waals surface area contributed by atoms with Gasteiger partial charge in [0.25, 0.3) is 0 Å². The Kier molecular flexibility index (Phi) is 5.98. The molecule has 0 spiro atoms. The molecule has 0 saturated heterocycles. The molecule has 1 aliphatic carbocycles. The summed E-state index contributed by atoms with van der Waals surface area (Å²) >= 11 is 0. The Hall–Kier alpha value is -2.57. The van der Waals surface area contributed by atoms with Crippen LogP contribution >= 0.6 is 0 Å². The zero-order valence-corrected chi connectivity index (χ0v) is 16.3. The lowest BCUT2D eigenvalue weighted by Crippen LogP contribution is -2.33. The highest BCUT2D eigenvalue weighted by atomic mass is 32.2. The molecule has 0 N–H and O–H groups in total. The fraction of sp³-hybridized carbons (Fsp3) is 0.261. The van der Waals surface area contributed by atoms with Gasteiger partial charge in [-0.25, -0.2) is 8.42 Å². The zero-order chi connectivity index (χ0) is 19.3. The maximum absolute atomic E-state index is 13.1. The van der Waals surface area contributed by atoms with Crippen LogP contribution < -0.4 is 0 Å². The summed E-state index contributed by atoms with van der Waals surface area (Å²) in [5, 5.41) is 0. The summed E-state index contributed by atoms with van der Waals surface area (Å²) in [6.07, 6.45) is 8.22. The topological polar surface area (TPSA) is 37.4 Å². The van der Waals surface area contributed by atoms with Gasteiger partial charge in [0.15, 0.2) is 0 Å². The van der Waals surface area contributed by atoms with Gasteiger partial charge in [-0.1, -0.05) is 53.9 Å². The first-order valence-corrected chi connectivity index (χ1v) is 10.4. The summed E-state index contributed by atoms with van der Waals surface area (Å²) in [5.41, 5.74) is 7.76. The van der Waals surface area contributed by atoms with Gasteiger partial charge in [0.2, 0.25) is 10.0 Å². The van der Waals surface area contributed by atoms with Gasteiger partial charge in [-0.2, -0.15) is 4.31 Å². The molecule has 0 amide bonds. The first kappa shape index (κ1) is 19.2. The SMILES string of the molecule is C#CCN(CC(=C=C1CC1)Cc1ccccc1)S(=O)(=O)c1ccc(C)cc1. The molecule has 0 aromatic heterocycles. The molecule has 2 aromatic rings. The first-order valence-electron chi connectivity index (χ1n) is 8.99. The summed E-state index contributed by atoms with van der Waals surface area (Å²) < 4.78 is 27.6. The molecule has 1 fully saturated rings. The molecule has 4 heteroatoms. The fourth-order valence-electron chi connectivity index (χ4n) is 2.82. The lowest BCUT2D eigenvalue weighted by molar-refractivity contribution is 0.469. The van der Waals surface area contributed by atoms with Crippen LogP contribution in [0, 0.1) is 19.3 Å². The van der Waals surface area contributed by atoms with Crippen molar-refractivity contribution < 1.29 is 8.42 Å². The zero-order valence-electron chi connectivity index (χ0n) is 15.5. The monoisotopic (exact) mass is 377 g/mol. The van der Waals surface area contributed by atoms with E-state index in [4.69, 9.17) is 6.42 Å². The van der Waals surface area contributed by atoms with Crippen LogP contribution in [0.4, 0.5) is 0 Å².